The number of Topliss-reactive ketones (excluding diaryl/α,β-unsaturated/α-hetero) is 1. The topological polar surface area (TPSA) is 35.5 Å². The first kappa shape index (κ1) is 19.0. The number of allylic oxidation sites excluding steroid dienone is 1. The van der Waals surface area contributed by atoms with Gasteiger partial charge >= 0.3 is 0 Å². The highest BCUT2D eigenvalue weighted by Crippen LogP contribution is 2.58. The van der Waals surface area contributed by atoms with E-state index in [-0.39, 0.29) is 14.6 Å². The molecule has 3 nitrogen and oxygen atoms in total. The predicted molar refractivity (Wildman–Crippen MR) is 108 cm³/mol. The standard InChI is InChI=1S/C19H31IO3Si/c1-13-8-7-9-14-10-18(12-22-24(5,6)17(2,3)4)11-15(21)16(20)19(13,14)23-18/h7,9,13-14,16H,8,10-12H2,1-6H3/t13-,14-,16-,18+,19-/m1/s1. The largest absolute Gasteiger partial charge is 0.414 e. The highest BCUT2D eigenvalue weighted by atomic mass is 127. The summed E-state index contributed by atoms with van der Waals surface area (Å²) in [5.74, 6) is 1.08. The summed E-state index contributed by atoms with van der Waals surface area (Å²) in [5.41, 5.74) is -0.733. The molecule has 136 valence electrons. The molecule has 24 heavy (non-hydrogen) atoms. The van der Waals surface area contributed by atoms with Gasteiger partial charge in [-0.05, 0) is 36.9 Å². The van der Waals surface area contributed by atoms with Crippen molar-refractivity contribution in [3.8, 4) is 0 Å². The zero-order chi connectivity index (χ0) is 18.0. The van der Waals surface area contributed by atoms with Crippen LogP contribution in [0.5, 0.6) is 0 Å². The lowest BCUT2D eigenvalue weighted by atomic mass is 9.71. The highest BCUT2D eigenvalue weighted by molar-refractivity contribution is 14.1. The van der Waals surface area contributed by atoms with Crippen molar-refractivity contribution in [3.63, 3.8) is 0 Å². The van der Waals surface area contributed by atoms with Crippen LogP contribution < -0.4 is 0 Å². The maximum atomic E-state index is 12.8. The average molecular weight is 462 g/mol. The van der Waals surface area contributed by atoms with E-state index in [0.29, 0.717) is 30.6 Å². The maximum Gasteiger partial charge on any atom is 0.192 e. The van der Waals surface area contributed by atoms with Gasteiger partial charge in [0.15, 0.2) is 14.1 Å². The molecule has 5 atom stereocenters. The smallest absolute Gasteiger partial charge is 0.192 e. The summed E-state index contributed by atoms with van der Waals surface area (Å²) in [6, 6.07) is 0. The lowest BCUT2D eigenvalue weighted by Crippen LogP contribution is -2.59. The van der Waals surface area contributed by atoms with Crippen molar-refractivity contribution in [1.29, 1.82) is 0 Å². The molecular weight excluding hydrogens is 431 g/mol. The normalized spacial score (nSPS) is 42.3. The second-order valence-corrected chi connectivity index (χ2v) is 15.6. The number of fused-ring (bicyclic) bond motifs is 1. The van der Waals surface area contributed by atoms with Crippen molar-refractivity contribution >= 4 is 36.7 Å². The lowest BCUT2D eigenvalue weighted by Gasteiger charge is -2.49. The minimum atomic E-state index is -1.85. The van der Waals surface area contributed by atoms with Gasteiger partial charge in [-0.2, -0.15) is 0 Å². The molecule has 0 aromatic heterocycles. The summed E-state index contributed by atoms with van der Waals surface area (Å²) in [6.07, 6.45) is 7.02. The van der Waals surface area contributed by atoms with Crippen LogP contribution in [0, 0.1) is 11.8 Å². The fraction of sp³-hybridized carbons (Fsp3) is 0.842. The molecule has 2 saturated heterocycles. The Morgan fingerprint density at radius 3 is 2.71 bits per heavy atom. The van der Waals surface area contributed by atoms with Gasteiger partial charge in [0.2, 0.25) is 0 Å². The molecular formula is C19H31IO3Si. The van der Waals surface area contributed by atoms with Crippen LogP contribution in [0.25, 0.3) is 0 Å². The summed E-state index contributed by atoms with van der Waals surface area (Å²) < 4.78 is 13.3. The molecule has 0 unspecified atom stereocenters. The van der Waals surface area contributed by atoms with Crippen molar-refractivity contribution in [3.05, 3.63) is 12.2 Å². The quantitative estimate of drug-likeness (QED) is 0.259. The molecule has 0 radical (unpaired) electrons. The Morgan fingerprint density at radius 1 is 1.42 bits per heavy atom. The molecule has 0 amide bonds. The third kappa shape index (κ3) is 2.78. The molecule has 2 fully saturated rings. The van der Waals surface area contributed by atoms with E-state index < -0.39 is 13.9 Å². The van der Waals surface area contributed by atoms with Crippen LogP contribution in [-0.4, -0.2) is 35.8 Å². The first-order valence-electron chi connectivity index (χ1n) is 9.11. The number of alkyl halides is 1. The number of hydrogen-bond acceptors (Lipinski definition) is 3. The summed E-state index contributed by atoms with van der Waals surface area (Å²) in [6.45, 7) is 14.1. The summed E-state index contributed by atoms with van der Waals surface area (Å²) in [5, 5.41) is 0.171. The van der Waals surface area contributed by atoms with Crippen LogP contribution >= 0.6 is 22.6 Å². The molecule has 0 aromatic rings. The third-order valence-electron chi connectivity index (χ3n) is 6.87. The Labute approximate surface area is 161 Å². The molecule has 2 heterocycles. The van der Waals surface area contributed by atoms with Gasteiger partial charge in [0, 0.05) is 12.3 Å². The number of hydrogen-bond donors (Lipinski definition) is 0. The molecule has 0 aromatic carbocycles. The number of rotatable bonds is 3. The number of ether oxygens (including phenoxy) is 1. The maximum absolute atomic E-state index is 12.8. The molecule has 3 aliphatic rings. The van der Waals surface area contributed by atoms with Crippen LogP contribution in [0.15, 0.2) is 12.2 Å². The van der Waals surface area contributed by atoms with E-state index in [0.717, 1.165) is 12.8 Å². The molecule has 2 bridgehead atoms. The highest BCUT2D eigenvalue weighted by Gasteiger charge is 2.66. The van der Waals surface area contributed by atoms with Crippen molar-refractivity contribution in [2.24, 2.45) is 11.8 Å². The summed E-state index contributed by atoms with van der Waals surface area (Å²) >= 11 is 2.34. The van der Waals surface area contributed by atoms with Gasteiger partial charge in [-0.25, -0.2) is 0 Å². The van der Waals surface area contributed by atoms with Crippen LogP contribution in [-0.2, 0) is 14.0 Å². The fourth-order valence-electron chi connectivity index (χ4n) is 4.29. The molecule has 0 N–H and O–H groups in total. The number of carbonyl (C=O) groups is 1. The Hall–Kier alpha value is 0.277. The van der Waals surface area contributed by atoms with Gasteiger partial charge in [0.05, 0.1) is 21.7 Å². The monoisotopic (exact) mass is 462 g/mol. The lowest BCUT2D eigenvalue weighted by molar-refractivity contribution is -0.180. The van der Waals surface area contributed by atoms with Gasteiger partial charge in [-0.15, -0.1) is 0 Å². The zero-order valence-corrected chi connectivity index (χ0v) is 19.0. The van der Waals surface area contributed by atoms with Gasteiger partial charge in [0.25, 0.3) is 0 Å². The molecule has 2 aliphatic heterocycles. The van der Waals surface area contributed by atoms with E-state index in [4.69, 9.17) is 9.16 Å². The first-order valence-corrected chi connectivity index (χ1v) is 13.3. The van der Waals surface area contributed by atoms with Gasteiger partial charge in [-0.3, -0.25) is 4.79 Å². The summed E-state index contributed by atoms with van der Waals surface area (Å²) in [7, 11) is -1.85. The van der Waals surface area contributed by atoms with Crippen LogP contribution in [0.3, 0.4) is 0 Å². The second kappa shape index (κ2) is 5.89. The van der Waals surface area contributed by atoms with Crippen LogP contribution in [0.1, 0.15) is 47.0 Å². The fourth-order valence-corrected chi connectivity index (χ4v) is 6.77. The molecule has 1 spiro atoms. The Bertz CT molecular complexity index is 567. The van der Waals surface area contributed by atoms with E-state index >= 15 is 0 Å². The van der Waals surface area contributed by atoms with Crippen molar-refractivity contribution < 1.29 is 14.0 Å². The van der Waals surface area contributed by atoms with Crippen molar-refractivity contribution in [2.75, 3.05) is 6.61 Å². The van der Waals surface area contributed by atoms with E-state index in [1.165, 1.54) is 0 Å². The van der Waals surface area contributed by atoms with E-state index in [1.807, 2.05) is 0 Å². The molecule has 5 heteroatoms. The van der Waals surface area contributed by atoms with Crippen molar-refractivity contribution in [1.82, 2.24) is 0 Å². The van der Waals surface area contributed by atoms with E-state index in [2.05, 4.69) is 75.5 Å². The van der Waals surface area contributed by atoms with Gasteiger partial charge in [-0.1, -0.05) is 62.4 Å². The van der Waals surface area contributed by atoms with Gasteiger partial charge < -0.3 is 9.16 Å². The zero-order valence-electron chi connectivity index (χ0n) is 15.8. The SMILES string of the molecule is C[C@@H]1CC=C[C@@H]2C[C@@]3(CO[Si](C)(C)C(C)(C)C)CC(=O)[C@@H](I)[C@@]12O3. The number of halogens is 1. The predicted octanol–water partition coefficient (Wildman–Crippen LogP) is 4.89. The third-order valence-corrected chi connectivity index (χ3v) is 13.0. The molecule has 3 rings (SSSR count). The Morgan fingerprint density at radius 2 is 2.08 bits per heavy atom. The van der Waals surface area contributed by atoms with Crippen LogP contribution in [0.4, 0.5) is 0 Å². The Kier molecular flexibility index (Phi) is 4.68. The number of carbonyl (C=O) groups excluding carboxylic acids is 1. The molecule has 0 saturated carbocycles. The summed E-state index contributed by atoms with van der Waals surface area (Å²) in [4.78, 5) is 12.8. The van der Waals surface area contributed by atoms with Crippen molar-refractivity contribution in [2.45, 2.75) is 80.2 Å². The van der Waals surface area contributed by atoms with Crippen LogP contribution in [0.2, 0.25) is 18.1 Å². The minimum absolute atomic E-state index is 0.0384. The Balaban J connectivity index is 1.87. The van der Waals surface area contributed by atoms with E-state index in [1.54, 1.807) is 0 Å². The number of ketones is 1. The van der Waals surface area contributed by atoms with E-state index in [9.17, 15) is 4.79 Å². The molecule has 1 aliphatic carbocycles. The average Bonchev–Trinajstić information content (AvgIpc) is 2.76. The second-order valence-electron chi connectivity index (χ2n) is 9.57. The van der Waals surface area contributed by atoms with Gasteiger partial charge in [0.1, 0.15) is 0 Å². The first-order chi connectivity index (χ1) is 10.9. The minimum Gasteiger partial charge on any atom is -0.414 e.